The van der Waals surface area contributed by atoms with Gasteiger partial charge >= 0.3 is 0 Å². The van der Waals surface area contributed by atoms with Gasteiger partial charge in [0.05, 0.1) is 18.8 Å². The van der Waals surface area contributed by atoms with Gasteiger partial charge in [-0.05, 0) is 38.5 Å². The van der Waals surface area contributed by atoms with Crippen LogP contribution in [-0.2, 0) is 4.79 Å². The van der Waals surface area contributed by atoms with Crippen LogP contribution in [0.4, 0.5) is 0 Å². The Bertz CT molecular complexity index is 725. The van der Waals surface area contributed by atoms with E-state index in [1.807, 2.05) is 0 Å². The molecule has 0 aliphatic carbocycles. The van der Waals surface area contributed by atoms with Gasteiger partial charge in [0.1, 0.15) is 0 Å². The van der Waals surface area contributed by atoms with Gasteiger partial charge in [0.2, 0.25) is 5.91 Å². The van der Waals surface area contributed by atoms with Crippen LogP contribution < -0.4 is 5.32 Å². The van der Waals surface area contributed by atoms with Crippen molar-refractivity contribution in [2.75, 3.05) is 6.61 Å². The molecule has 3 N–H and O–H groups in total. The molecule has 0 bridgehead atoms. The summed E-state index contributed by atoms with van der Waals surface area (Å²) < 4.78 is 0. The van der Waals surface area contributed by atoms with Gasteiger partial charge in [0.25, 0.3) is 0 Å². The Morgan fingerprint density at radius 1 is 0.434 bits per heavy atom. The first-order chi connectivity index (χ1) is 26.2. The summed E-state index contributed by atoms with van der Waals surface area (Å²) in [6.07, 6.45) is 57.4. The molecule has 0 saturated heterocycles. The normalized spacial score (nSPS) is 12.9. The molecule has 0 aromatic heterocycles. The lowest BCUT2D eigenvalue weighted by atomic mass is 10.0. The Kier molecular flexibility index (Phi) is 44.8. The Labute approximate surface area is 333 Å². The van der Waals surface area contributed by atoms with E-state index in [0.29, 0.717) is 12.8 Å². The second-order valence-electron chi connectivity index (χ2n) is 16.9. The monoisotopic (exact) mass is 748 g/mol. The van der Waals surface area contributed by atoms with E-state index < -0.39 is 12.1 Å². The number of allylic oxidation sites excluding steroid dienone is 2. The third-order valence-electron chi connectivity index (χ3n) is 11.5. The first kappa shape index (κ1) is 52.1. The first-order valence-corrected chi connectivity index (χ1v) is 24.4. The van der Waals surface area contributed by atoms with Gasteiger partial charge in [-0.3, -0.25) is 4.79 Å². The number of hydrogen-bond acceptors (Lipinski definition) is 3. The van der Waals surface area contributed by atoms with Crippen molar-refractivity contribution in [1.82, 2.24) is 5.32 Å². The molecule has 0 aromatic carbocycles. The molecule has 0 saturated carbocycles. The van der Waals surface area contributed by atoms with Gasteiger partial charge in [0.15, 0.2) is 0 Å². The zero-order valence-electron chi connectivity index (χ0n) is 36.3. The summed E-state index contributed by atoms with van der Waals surface area (Å²) in [5.74, 6) is -0.0270. The molecule has 316 valence electrons. The van der Waals surface area contributed by atoms with E-state index in [1.165, 1.54) is 225 Å². The fraction of sp³-hybridized carbons (Fsp3) is 0.939. The number of carbonyl (C=O) groups is 1. The molecule has 2 atom stereocenters. The molecular weight excluding hydrogens is 651 g/mol. The van der Waals surface area contributed by atoms with Crippen LogP contribution >= 0.6 is 0 Å². The molecule has 0 spiro atoms. The average molecular weight is 748 g/mol. The molecule has 4 nitrogen and oxygen atoms in total. The highest BCUT2D eigenvalue weighted by molar-refractivity contribution is 5.76. The second-order valence-corrected chi connectivity index (χ2v) is 16.9. The maximum Gasteiger partial charge on any atom is 0.220 e. The molecule has 53 heavy (non-hydrogen) atoms. The van der Waals surface area contributed by atoms with E-state index in [9.17, 15) is 15.0 Å². The lowest BCUT2D eigenvalue weighted by Crippen LogP contribution is -2.45. The molecule has 2 unspecified atom stereocenters. The smallest absolute Gasteiger partial charge is 0.220 e. The number of aliphatic hydroxyl groups excluding tert-OH is 2. The lowest BCUT2D eigenvalue weighted by molar-refractivity contribution is -0.123. The van der Waals surface area contributed by atoms with Crippen LogP contribution in [0.15, 0.2) is 12.2 Å². The summed E-state index contributed by atoms with van der Waals surface area (Å²) in [5.41, 5.74) is 0. The van der Waals surface area contributed by atoms with Crippen LogP contribution in [0.5, 0.6) is 0 Å². The van der Waals surface area contributed by atoms with Crippen molar-refractivity contribution in [3.63, 3.8) is 0 Å². The van der Waals surface area contributed by atoms with Crippen LogP contribution in [0.25, 0.3) is 0 Å². The van der Waals surface area contributed by atoms with E-state index in [2.05, 4.69) is 31.3 Å². The average Bonchev–Trinajstić information content (AvgIpc) is 3.16. The first-order valence-electron chi connectivity index (χ1n) is 24.4. The zero-order valence-corrected chi connectivity index (χ0v) is 36.3. The van der Waals surface area contributed by atoms with Crippen LogP contribution in [0, 0.1) is 0 Å². The van der Waals surface area contributed by atoms with Crippen LogP contribution in [0.3, 0.4) is 0 Å². The van der Waals surface area contributed by atoms with Gasteiger partial charge in [-0.1, -0.05) is 244 Å². The third-order valence-corrected chi connectivity index (χ3v) is 11.5. The highest BCUT2D eigenvalue weighted by Crippen LogP contribution is 2.17. The van der Waals surface area contributed by atoms with Crippen LogP contribution in [0.1, 0.15) is 277 Å². The minimum absolute atomic E-state index is 0.0270. The van der Waals surface area contributed by atoms with Crippen molar-refractivity contribution < 1.29 is 15.0 Å². The Balaban J connectivity index is 3.43. The molecule has 0 radical (unpaired) electrons. The van der Waals surface area contributed by atoms with Crippen molar-refractivity contribution in [3.05, 3.63) is 12.2 Å². The standard InChI is InChI=1S/C49H97NO3/c1-3-5-7-9-11-13-15-17-19-20-21-22-23-24-25-26-27-28-29-30-31-33-35-37-39-41-43-45-49(53)50-47(46-51)48(52)44-42-40-38-36-34-32-18-16-14-12-10-8-6-4-2/h20-21,47-48,51-52H,3-19,22-46H2,1-2H3,(H,50,53)/b21-20-. The van der Waals surface area contributed by atoms with Crippen molar-refractivity contribution in [3.8, 4) is 0 Å². The fourth-order valence-corrected chi connectivity index (χ4v) is 7.77. The SMILES string of the molecule is CCCCCCCCCC/C=C\CCCCCCCCCCCCCCCCCC(=O)NC(CO)C(O)CCCCCCCCCCCCCCCC. The molecule has 0 aliphatic heterocycles. The summed E-state index contributed by atoms with van der Waals surface area (Å²) in [5, 5.41) is 23.2. The maximum atomic E-state index is 12.4. The molecule has 0 aliphatic rings. The Morgan fingerprint density at radius 3 is 1.04 bits per heavy atom. The van der Waals surface area contributed by atoms with Gasteiger partial charge in [-0.2, -0.15) is 0 Å². The summed E-state index contributed by atoms with van der Waals surface area (Å²) in [7, 11) is 0. The molecular formula is C49H97NO3. The van der Waals surface area contributed by atoms with Crippen LogP contribution in [0.2, 0.25) is 0 Å². The summed E-state index contributed by atoms with van der Waals surface area (Å²) in [4.78, 5) is 12.4. The van der Waals surface area contributed by atoms with E-state index in [4.69, 9.17) is 0 Å². The molecule has 0 rings (SSSR count). The minimum atomic E-state index is -0.655. The maximum absolute atomic E-state index is 12.4. The van der Waals surface area contributed by atoms with Crippen molar-refractivity contribution >= 4 is 5.91 Å². The van der Waals surface area contributed by atoms with Gasteiger partial charge in [-0.15, -0.1) is 0 Å². The van der Waals surface area contributed by atoms with Gasteiger partial charge < -0.3 is 15.5 Å². The number of amides is 1. The number of unbranched alkanes of at least 4 members (excludes halogenated alkanes) is 36. The van der Waals surface area contributed by atoms with Gasteiger partial charge in [0, 0.05) is 6.42 Å². The second kappa shape index (κ2) is 45.5. The predicted molar refractivity (Wildman–Crippen MR) is 235 cm³/mol. The molecule has 4 heteroatoms. The topological polar surface area (TPSA) is 69.6 Å². The quantitative estimate of drug-likeness (QED) is 0.0429. The van der Waals surface area contributed by atoms with Crippen molar-refractivity contribution in [2.24, 2.45) is 0 Å². The zero-order chi connectivity index (χ0) is 38.6. The lowest BCUT2D eigenvalue weighted by Gasteiger charge is -2.22. The summed E-state index contributed by atoms with van der Waals surface area (Å²) in [6, 6.07) is -0.531. The number of rotatable bonds is 45. The summed E-state index contributed by atoms with van der Waals surface area (Å²) in [6.45, 7) is 4.38. The summed E-state index contributed by atoms with van der Waals surface area (Å²) >= 11 is 0. The number of hydrogen-bond donors (Lipinski definition) is 3. The number of nitrogens with one attached hydrogen (secondary N) is 1. The van der Waals surface area contributed by atoms with Crippen molar-refractivity contribution in [1.29, 1.82) is 0 Å². The largest absolute Gasteiger partial charge is 0.394 e. The van der Waals surface area contributed by atoms with E-state index in [1.54, 1.807) is 0 Å². The van der Waals surface area contributed by atoms with E-state index in [-0.39, 0.29) is 12.5 Å². The minimum Gasteiger partial charge on any atom is -0.394 e. The molecule has 1 amide bonds. The Hall–Kier alpha value is -0.870. The highest BCUT2D eigenvalue weighted by Gasteiger charge is 2.20. The third kappa shape index (κ3) is 42.1. The van der Waals surface area contributed by atoms with E-state index in [0.717, 1.165) is 25.7 Å². The molecule has 0 aromatic rings. The highest BCUT2D eigenvalue weighted by atomic mass is 16.3. The Morgan fingerprint density at radius 2 is 0.717 bits per heavy atom. The van der Waals surface area contributed by atoms with Crippen molar-refractivity contribution in [2.45, 2.75) is 289 Å². The van der Waals surface area contributed by atoms with Gasteiger partial charge in [-0.25, -0.2) is 0 Å². The number of aliphatic hydroxyl groups is 2. The molecule has 0 fully saturated rings. The molecule has 0 heterocycles. The van der Waals surface area contributed by atoms with E-state index >= 15 is 0 Å². The fourth-order valence-electron chi connectivity index (χ4n) is 7.77. The predicted octanol–water partition coefficient (Wildman–Crippen LogP) is 15.4. The van der Waals surface area contributed by atoms with Crippen LogP contribution in [-0.4, -0.2) is 34.9 Å². The number of carbonyl (C=O) groups excluding carboxylic acids is 1.